The Hall–Kier alpha value is -0.860. The third kappa shape index (κ3) is 3.62. The summed E-state index contributed by atoms with van der Waals surface area (Å²) in [5.41, 5.74) is 5.33. The molecular formula is C8H18N4O3S. The highest BCUT2D eigenvalue weighted by Crippen LogP contribution is 2.21. The van der Waals surface area contributed by atoms with Crippen LogP contribution in [0.3, 0.4) is 0 Å². The lowest BCUT2D eigenvalue weighted by Crippen LogP contribution is -2.45. The van der Waals surface area contributed by atoms with Crippen molar-refractivity contribution in [3.8, 4) is 0 Å². The van der Waals surface area contributed by atoms with Crippen LogP contribution in [0.4, 0.5) is 0 Å². The van der Waals surface area contributed by atoms with Gasteiger partial charge in [0.05, 0.1) is 0 Å². The van der Waals surface area contributed by atoms with Crippen molar-refractivity contribution in [2.75, 3.05) is 7.05 Å². The third-order valence-electron chi connectivity index (χ3n) is 2.53. The van der Waals surface area contributed by atoms with Gasteiger partial charge in [-0.25, -0.2) is 0 Å². The molecule has 0 amide bonds. The van der Waals surface area contributed by atoms with Gasteiger partial charge in [0, 0.05) is 25.6 Å². The van der Waals surface area contributed by atoms with E-state index < -0.39 is 10.2 Å². The summed E-state index contributed by atoms with van der Waals surface area (Å²) in [6, 6.07) is -0.282. The summed E-state index contributed by atoms with van der Waals surface area (Å²) in [4.78, 5) is 0. The number of hydrogen-bond acceptors (Lipinski definition) is 4. The second-order valence-corrected chi connectivity index (χ2v) is 5.82. The first-order valence-corrected chi connectivity index (χ1v) is 6.52. The smallest absolute Gasteiger partial charge is 0.279 e. The second-order valence-electron chi connectivity index (χ2n) is 4.06. The Kier molecular flexibility index (Phi) is 4.11. The Balaban J connectivity index is 2.57. The van der Waals surface area contributed by atoms with Crippen molar-refractivity contribution in [3.63, 3.8) is 0 Å². The van der Waals surface area contributed by atoms with Crippen molar-refractivity contribution in [1.29, 1.82) is 0 Å². The highest BCUT2D eigenvalue weighted by atomic mass is 32.2. The normalized spacial score (nSPS) is 20.1. The fourth-order valence-electron chi connectivity index (χ4n) is 1.20. The number of nitrogens with two attached hydrogens (primary N) is 1. The molecule has 1 aliphatic rings. The minimum absolute atomic E-state index is 0.0148. The molecule has 7 nitrogen and oxygen atoms in total. The molecule has 1 atom stereocenters. The molecule has 1 fully saturated rings. The monoisotopic (exact) mass is 250 g/mol. The van der Waals surface area contributed by atoms with E-state index in [0.29, 0.717) is 0 Å². The molecule has 4 N–H and O–H groups in total. The van der Waals surface area contributed by atoms with E-state index >= 15 is 0 Å². The Morgan fingerprint density at radius 3 is 2.69 bits per heavy atom. The zero-order valence-corrected chi connectivity index (χ0v) is 10.2. The second kappa shape index (κ2) is 4.98. The van der Waals surface area contributed by atoms with Crippen LogP contribution in [0, 0.1) is 0 Å². The quantitative estimate of drug-likeness (QED) is 0.254. The molecule has 1 saturated carbocycles. The summed E-state index contributed by atoms with van der Waals surface area (Å²) < 4.78 is 27.3. The Bertz CT molecular complexity index is 363. The summed E-state index contributed by atoms with van der Waals surface area (Å²) >= 11 is 0. The number of amidine groups is 1. The molecular weight excluding hydrogens is 232 g/mol. The van der Waals surface area contributed by atoms with E-state index in [0.717, 1.165) is 12.8 Å². The van der Waals surface area contributed by atoms with Gasteiger partial charge in [-0.3, -0.25) is 0 Å². The van der Waals surface area contributed by atoms with Crippen LogP contribution in [-0.4, -0.2) is 42.9 Å². The van der Waals surface area contributed by atoms with Crippen molar-refractivity contribution in [2.24, 2.45) is 10.9 Å². The minimum Gasteiger partial charge on any atom is -0.409 e. The van der Waals surface area contributed by atoms with Crippen molar-refractivity contribution in [3.05, 3.63) is 0 Å². The molecule has 0 heterocycles. The molecule has 0 aromatic rings. The van der Waals surface area contributed by atoms with Crippen molar-refractivity contribution in [1.82, 2.24) is 9.03 Å². The van der Waals surface area contributed by atoms with Crippen LogP contribution in [0.5, 0.6) is 0 Å². The van der Waals surface area contributed by atoms with E-state index in [1.807, 2.05) is 0 Å². The van der Waals surface area contributed by atoms with Crippen LogP contribution in [0.2, 0.25) is 0 Å². The van der Waals surface area contributed by atoms with Crippen LogP contribution < -0.4 is 10.5 Å². The Morgan fingerprint density at radius 1 is 1.69 bits per heavy atom. The maximum Gasteiger partial charge on any atom is 0.279 e. The first-order chi connectivity index (χ1) is 7.36. The van der Waals surface area contributed by atoms with Crippen LogP contribution in [0.15, 0.2) is 5.16 Å². The Labute approximate surface area is 95.5 Å². The number of rotatable bonds is 6. The molecule has 0 radical (unpaired) electrons. The van der Waals surface area contributed by atoms with E-state index in [-0.39, 0.29) is 24.3 Å². The molecule has 1 rings (SSSR count). The molecule has 0 bridgehead atoms. The highest BCUT2D eigenvalue weighted by Gasteiger charge is 2.31. The molecule has 0 aromatic heterocycles. The topological polar surface area (TPSA) is 108 Å². The molecule has 0 spiro atoms. The molecule has 1 unspecified atom stereocenters. The summed E-state index contributed by atoms with van der Waals surface area (Å²) in [5, 5.41) is 11.2. The van der Waals surface area contributed by atoms with Crippen LogP contribution in [-0.2, 0) is 10.2 Å². The molecule has 0 aliphatic heterocycles. The van der Waals surface area contributed by atoms with Crippen molar-refractivity contribution in [2.45, 2.75) is 38.3 Å². The lowest BCUT2D eigenvalue weighted by Gasteiger charge is -2.23. The molecule has 0 aromatic carbocycles. The van der Waals surface area contributed by atoms with Gasteiger partial charge in [0.2, 0.25) is 0 Å². The summed E-state index contributed by atoms with van der Waals surface area (Å²) in [5.74, 6) is 0.0148. The van der Waals surface area contributed by atoms with Gasteiger partial charge in [0.25, 0.3) is 10.2 Å². The Morgan fingerprint density at radius 2 is 2.25 bits per heavy atom. The lowest BCUT2D eigenvalue weighted by atomic mass is 10.2. The van der Waals surface area contributed by atoms with Crippen molar-refractivity contribution >= 4 is 16.0 Å². The van der Waals surface area contributed by atoms with Gasteiger partial charge in [-0.15, -0.1) is 0 Å². The van der Waals surface area contributed by atoms with Crippen LogP contribution in [0.25, 0.3) is 0 Å². The molecule has 16 heavy (non-hydrogen) atoms. The lowest BCUT2D eigenvalue weighted by molar-refractivity contribution is 0.313. The number of oxime groups is 1. The highest BCUT2D eigenvalue weighted by molar-refractivity contribution is 7.87. The average Bonchev–Trinajstić information content (AvgIpc) is 2.99. The van der Waals surface area contributed by atoms with Gasteiger partial charge < -0.3 is 10.9 Å². The van der Waals surface area contributed by atoms with Gasteiger partial charge in [-0.05, 0) is 19.8 Å². The fraction of sp³-hybridized carbons (Fsp3) is 0.875. The number of nitrogens with zero attached hydrogens (tertiary/aromatic N) is 2. The van der Waals surface area contributed by atoms with Gasteiger partial charge in [-0.1, -0.05) is 5.16 Å². The van der Waals surface area contributed by atoms with Gasteiger partial charge in [0.1, 0.15) is 5.84 Å². The zero-order chi connectivity index (χ0) is 12.3. The first-order valence-electron chi connectivity index (χ1n) is 5.08. The van der Waals surface area contributed by atoms with E-state index in [9.17, 15) is 8.42 Å². The first kappa shape index (κ1) is 13.2. The van der Waals surface area contributed by atoms with Crippen LogP contribution in [0.1, 0.15) is 26.2 Å². The van der Waals surface area contributed by atoms with Gasteiger partial charge in [-0.2, -0.15) is 17.4 Å². The molecule has 8 heteroatoms. The molecule has 0 saturated heterocycles. The average molecular weight is 250 g/mol. The zero-order valence-electron chi connectivity index (χ0n) is 9.42. The van der Waals surface area contributed by atoms with Gasteiger partial charge in [0.15, 0.2) is 0 Å². The SMILES string of the molecule is CC(CC(N)=NO)N(C)S(=O)(=O)NC1CC1. The maximum absolute atomic E-state index is 11.8. The van der Waals surface area contributed by atoms with Crippen LogP contribution >= 0.6 is 0 Å². The fourth-order valence-corrected chi connectivity index (χ4v) is 2.58. The third-order valence-corrected chi connectivity index (χ3v) is 4.28. The largest absolute Gasteiger partial charge is 0.409 e. The molecule has 1 aliphatic carbocycles. The van der Waals surface area contributed by atoms with Crippen molar-refractivity contribution < 1.29 is 13.6 Å². The standard InChI is InChI=1S/C8H18N4O3S/c1-6(5-8(9)10-13)12(2)16(14,15)11-7-3-4-7/h6-7,11,13H,3-5H2,1-2H3,(H2,9,10). The van der Waals surface area contributed by atoms with E-state index in [2.05, 4.69) is 9.88 Å². The van der Waals surface area contributed by atoms with E-state index in [1.54, 1.807) is 6.92 Å². The molecule has 94 valence electrons. The maximum atomic E-state index is 11.8. The predicted octanol–water partition coefficient (Wildman–Crippen LogP) is -0.560. The minimum atomic E-state index is -3.46. The predicted molar refractivity (Wildman–Crippen MR) is 60.3 cm³/mol. The summed E-state index contributed by atoms with van der Waals surface area (Å²) in [7, 11) is -1.99. The summed E-state index contributed by atoms with van der Waals surface area (Å²) in [6.07, 6.45) is 1.97. The van der Waals surface area contributed by atoms with E-state index in [4.69, 9.17) is 10.9 Å². The van der Waals surface area contributed by atoms with Gasteiger partial charge >= 0.3 is 0 Å². The summed E-state index contributed by atoms with van der Waals surface area (Å²) in [6.45, 7) is 1.70. The van der Waals surface area contributed by atoms with E-state index in [1.165, 1.54) is 11.4 Å². The number of hydrogen-bond donors (Lipinski definition) is 3. The number of nitrogens with one attached hydrogen (secondary N) is 1.